The fourth-order valence-electron chi connectivity index (χ4n) is 1.24. The quantitative estimate of drug-likeness (QED) is 0.669. The Bertz CT molecular complexity index is 410. The van der Waals surface area contributed by atoms with Gasteiger partial charge in [-0.05, 0) is 44.0 Å². The van der Waals surface area contributed by atoms with Crippen molar-refractivity contribution in [2.45, 2.75) is 25.7 Å². The van der Waals surface area contributed by atoms with Crippen molar-refractivity contribution in [3.8, 4) is 0 Å². The number of hydrogen-bond acceptors (Lipinski definition) is 3. The van der Waals surface area contributed by atoms with Crippen LogP contribution in [-0.2, 0) is 9.63 Å². The Kier molecular flexibility index (Phi) is 6.02. The molecule has 0 heterocycles. The molecule has 0 fully saturated rings. The predicted molar refractivity (Wildman–Crippen MR) is 74.1 cm³/mol. The van der Waals surface area contributed by atoms with Gasteiger partial charge in [-0.3, -0.25) is 9.63 Å². The maximum absolute atomic E-state index is 11.4. The molecular weight excluding hydrogens is 302 g/mol. The Labute approximate surface area is 114 Å². The molecule has 0 atom stereocenters. The van der Waals surface area contributed by atoms with Crippen molar-refractivity contribution in [1.29, 1.82) is 0 Å². The smallest absolute Gasteiger partial charge is 0.253 e. The maximum Gasteiger partial charge on any atom is 0.253 e. The van der Waals surface area contributed by atoms with Gasteiger partial charge >= 0.3 is 0 Å². The number of rotatable bonds is 5. The fourth-order valence-corrected chi connectivity index (χ4v) is 2.59. The Balaban J connectivity index is 2.57. The van der Waals surface area contributed by atoms with Gasteiger partial charge in [-0.25, -0.2) is 5.48 Å². The Hall–Kier alpha value is -0.520. The fraction of sp³-hybridized carbons (Fsp3) is 0.417. The molecule has 0 aliphatic rings. The zero-order valence-electron chi connectivity index (χ0n) is 10.2. The largest absolute Gasteiger partial charge is 0.274 e. The lowest BCUT2D eigenvalue weighted by molar-refractivity contribution is -0.130. The molecule has 5 heteroatoms. The molecule has 17 heavy (non-hydrogen) atoms. The van der Waals surface area contributed by atoms with Gasteiger partial charge in [-0.2, -0.15) is 0 Å². The van der Waals surface area contributed by atoms with Crippen molar-refractivity contribution in [3.63, 3.8) is 0 Å². The summed E-state index contributed by atoms with van der Waals surface area (Å²) in [5.74, 6) is 0.249. The highest BCUT2D eigenvalue weighted by Crippen LogP contribution is 2.28. The van der Waals surface area contributed by atoms with E-state index in [0.29, 0.717) is 12.4 Å². The highest BCUT2D eigenvalue weighted by Gasteiger charge is 2.06. The predicted octanol–water partition coefficient (Wildman–Crippen LogP) is 3.23. The van der Waals surface area contributed by atoms with E-state index in [1.165, 1.54) is 17.3 Å². The zero-order chi connectivity index (χ0) is 12.8. The van der Waals surface area contributed by atoms with Crippen LogP contribution in [0.5, 0.6) is 0 Å². The summed E-state index contributed by atoms with van der Waals surface area (Å²) in [4.78, 5) is 17.3. The number of nitrogens with one attached hydrogen (secondary N) is 1. The van der Waals surface area contributed by atoms with Gasteiger partial charge in [0.25, 0.3) is 5.91 Å². The van der Waals surface area contributed by atoms with Crippen molar-refractivity contribution >= 4 is 33.6 Å². The number of hydroxylamine groups is 1. The molecule has 3 nitrogen and oxygen atoms in total. The first kappa shape index (κ1) is 14.5. The van der Waals surface area contributed by atoms with Gasteiger partial charge in [-0.1, -0.05) is 15.9 Å². The molecule has 0 saturated heterocycles. The summed E-state index contributed by atoms with van der Waals surface area (Å²) in [5, 5.41) is 0. The average molecular weight is 318 g/mol. The minimum atomic E-state index is -0.114. The second-order valence-electron chi connectivity index (χ2n) is 3.61. The van der Waals surface area contributed by atoms with Crippen LogP contribution in [0.25, 0.3) is 0 Å². The number of carbonyl (C=O) groups is 1. The topological polar surface area (TPSA) is 38.3 Å². The molecule has 0 radical (unpaired) electrons. The van der Waals surface area contributed by atoms with Crippen LogP contribution in [0.2, 0.25) is 0 Å². The highest BCUT2D eigenvalue weighted by molar-refractivity contribution is 9.10. The molecule has 0 unspecified atom stereocenters. The summed E-state index contributed by atoms with van der Waals surface area (Å²) in [7, 11) is 0. The second-order valence-corrected chi connectivity index (χ2v) is 5.49. The van der Waals surface area contributed by atoms with Crippen LogP contribution in [0.3, 0.4) is 0 Å². The van der Waals surface area contributed by atoms with E-state index < -0.39 is 0 Å². The third kappa shape index (κ3) is 4.69. The van der Waals surface area contributed by atoms with E-state index in [-0.39, 0.29) is 5.91 Å². The standard InChI is InChI=1S/C12H16BrNO2S/c1-4-16-14-12(15)7-17-11-6-8(2)10(13)5-9(11)3/h5-6H,4,7H2,1-3H3,(H,14,15). The molecule has 1 aromatic carbocycles. The molecule has 94 valence electrons. The third-order valence-electron chi connectivity index (χ3n) is 2.15. The number of halogens is 1. The van der Waals surface area contributed by atoms with E-state index in [1.54, 1.807) is 0 Å². The molecule has 0 aliphatic heterocycles. The third-order valence-corrected chi connectivity index (χ3v) is 4.16. The van der Waals surface area contributed by atoms with Crippen molar-refractivity contribution in [1.82, 2.24) is 5.48 Å². The van der Waals surface area contributed by atoms with E-state index in [0.717, 1.165) is 14.9 Å². The highest BCUT2D eigenvalue weighted by atomic mass is 79.9. The lowest BCUT2D eigenvalue weighted by Crippen LogP contribution is -2.25. The first-order chi connectivity index (χ1) is 8.04. The van der Waals surface area contributed by atoms with E-state index in [9.17, 15) is 4.79 Å². The molecule has 0 aliphatic carbocycles. The molecule has 0 saturated carbocycles. The molecule has 1 amide bonds. The van der Waals surface area contributed by atoms with E-state index in [1.807, 2.05) is 20.8 Å². The van der Waals surface area contributed by atoms with Gasteiger partial charge < -0.3 is 0 Å². The zero-order valence-corrected chi connectivity index (χ0v) is 12.6. The molecular formula is C12H16BrNO2S. The van der Waals surface area contributed by atoms with Crippen LogP contribution in [0, 0.1) is 13.8 Å². The number of benzene rings is 1. The minimum Gasteiger partial charge on any atom is -0.274 e. The lowest BCUT2D eigenvalue weighted by Gasteiger charge is -2.08. The summed E-state index contributed by atoms with van der Waals surface area (Å²) in [6.07, 6.45) is 0. The Morgan fingerprint density at radius 1 is 1.41 bits per heavy atom. The first-order valence-corrected chi connectivity index (χ1v) is 7.12. The number of amides is 1. The molecule has 0 spiro atoms. The maximum atomic E-state index is 11.4. The summed E-state index contributed by atoms with van der Waals surface area (Å²) in [6, 6.07) is 4.15. The number of thioether (sulfide) groups is 1. The monoisotopic (exact) mass is 317 g/mol. The Morgan fingerprint density at radius 2 is 2.12 bits per heavy atom. The first-order valence-electron chi connectivity index (χ1n) is 5.34. The van der Waals surface area contributed by atoms with Crippen molar-refractivity contribution in [3.05, 3.63) is 27.7 Å². The second kappa shape index (κ2) is 7.03. The van der Waals surface area contributed by atoms with Crippen LogP contribution in [0.15, 0.2) is 21.5 Å². The molecule has 0 aromatic heterocycles. The van der Waals surface area contributed by atoms with Crippen molar-refractivity contribution in [2.24, 2.45) is 0 Å². The van der Waals surface area contributed by atoms with Crippen LogP contribution in [-0.4, -0.2) is 18.3 Å². The molecule has 0 bridgehead atoms. The summed E-state index contributed by atoms with van der Waals surface area (Å²) in [6.45, 7) is 6.38. The van der Waals surface area contributed by atoms with Gasteiger partial charge in [0.15, 0.2) is 0 Å². The molecule has 1 rings (SSSR count). The summed E-state index contributed by atoms with van der Waals surface area (Å²) < 4.78 is 1.10. The Morgan fingerprint density at radius 3 is 2.76 bits per heavy atom. The number of aryl methyl sites for hydroxylation is 2. The normalized spacial score (nSPS) is 10.4. The molecule has 1 N–H and O–H groups in total. The van der Waals surface area contributed by atoms with Gasteiger partial charge in [0, 0.05) is 9.37 Å². The van der Waals surface area contributed by atoms with Crippen LogP contribution < -0.4 is 5.48 Å². The van der Waals surface area contributed by atoms with Crippen LogP contribution >= 0.6 is 27.7 Å². The number of hydrogen-bond donors (Lipinski definition) is 1. The van der Waals surface area contributed by atoms with E-state index in [4.69, 9.17) is 4.84 Å². The number of carbonyl (C=O) groups excluding carboxylic acids is 1. The average Bonchev–Trinajstić information content (AvgIpc) is 2.29. The van der Waals surface area contributed by atoms with Crippen molar-refractivity contribution in [2.75, 3.05) is 12.4 Å². The van der Waals surface area contributed by atoms with E-state index >= 15 is 0 Å². The lowest BCUT2D eigenvalue weighted by atomic mass is 10.2. The summed E-state index contributed by atoms with van der Waals surface area (Å²) in [5.41, 5.74) is 4.71. The van der Waals surface area contributed by atoms with Gasteiger partial charge in [0.1, 0.15) is 0 Å². The molecule has 1 aromatic rings. The van der Waals surface area contributed by atoms with Gasteiger partial charge in [0.2, 0.25) is 0 Å². The van der Waals surface area contributed by atoms with E-state index in [2.05, 4.69) is 33.5 Å². The van der Waals surface area contributed by atoms with Gasteiger partial charge in [0.05, 0.1) is 12.4 Å². The SMILES string of the molecule is CCONC(=O)CSc1cc(C)c(Br)cc1C. The van der Waals surface area contributed by atoms with Gasteiger partial charge in [-0.15, -0.1) is 11.8 Å². The minimum absolute atomic E-state index is 0.114. The van der Waals surface area contributed by atoms with Crippen LogP contribution in [0.4, 0.5) is 0 Å². The van der Waals surface area contributed by atoms with Crippen LogP contribution in [0.1, 0.15) is 18.1 Å². The van der Waals surface area contributed by atoms with Crippen molar-refractivity contribution < 1.29 is 9.63 Å². The summed E-state index contributed by atoms with van der Waals surface area (Å²) >= 11 is 5.00.